The largest absolute Gasteiger partial charge is 0.479 e. The van der Waals surface area contributed by atoms with Gasteiger partial charge in [-0.25, -0.2) is 4.79 Å². The molecule has 164 valence electrons. The second kappa shape index (κ2) is 11.2. The van der Waals surface area contributed by atoms with Crippen LogP contribution < -0.4 is 16.0 Å². The van der Waals surface area contributed by atoms with Crippen LogP contribution in [0.3, 0.4) is 0 Å². The molecule has 3 atom stereocenters. The Hall–Kier alpha value is -2.55. The number of hydrogen-bond acceptors (Lipinski definition) is 5. The number of benzene rings is 2. The fourth-order valence-electron chi connectivity index (χ4n) is 3.33. The molecule has 1 aliphatic heterocycles. The zero-order chi connectivity index (χ0) is 22.2. The number of hydrogen-bond donors (Lipinski definition) is 4. The second-order valence-electron chi connectivity index (χ2n) is 7.22. The Morgan fingerprint density at radius 2 is 1.81 bits per heavy atom. The molecule has 0 spiro atoms. The highest BCUT2D eigenvalue weighted by atomic mass is 35.5. The molecule has 0 bridgehead atoms. The number of nitrogens with one attached hydrogen (secondary N) is 3. The Labute approximate surface area is 189 Å². The van der Waals surface area contributed by atoms with Gasteiger partial charge in [-0.1, -0.05) is 54.1 Å². The van der Waals surface area contributed by atoms with E-state index in [4.69, 9.17) is 11.6 Å². The molecule has 0 unspecified atom stereocenters. The van der Waals surface area contributed by atoms with Crippen molar-refractivity contribution >= 4 is 41.1 Å². The molecule has 0 saturated carbocycles. The van der Waals surface area contributed by atoms with Gasteiger partial charge in [0.2, 0.25) is 11.8 Å². The van der Waals surface area contributed by atoms with Crippen LogP contribution in [0.4, 0.5) is 0 Å². The molecule has 2 amide bonds. The lowest BCUT2D eigenvalue weighted by Gasteiger charge is -2.21. The number of carbonyl (C=O) groups excluding carboxylic acids is 2. The molecule has 1 fully saturated rings. The van der Waals surface area contributed by atoms with E-state index in [1.807, 2.05) is 12.1 Å². The topological polar surface area (TPSA) is 108 Å². The van der Waals surface area contributed by atoms with Gasteiger partial charge in [-0.15, -0.1) is 11.8 Å². The van der Waals surface area contributed by atoms with Crippen LogP contribution >= 0.6 is 23.4 Å². The maximum Gasteiger partial charge on any atom is 0.330 e. The average Bonchev–Trinajstić information content (AvgIpc) is 3.31. The smallest absolute Gasteiger partial charge is 0.330 e. The zero-order valence-electron chi connectivity index (χ0n) is 16.7. The third-order valence-electron chi connectivity index (χ3n) is 5.01. The predicted octanol–water partition coefficient (Wildman–Crippen LogP) is 2.53. The summed E-state index contributed by atoms with van der Waals surface area (Å²) in [6.45, 7) is 0.250. The summed E-state index contributed by atoms with van der Waals surface area (Å²) in [5.41, 5.74) is 1.32. The molecular formula is C22H24ClN3O4S. The molecule has 31 heavy (non-hydrogen) atoms. The van der Waals surface area contributed by atoms with E-state index in [2.05, 4.69) is 16.0 Å². The molecular weight excluding hydrogens is 438 g/mol. The summed E-state index contributed by atoms with van der Waals surface area (Å²) < 4.78 is 0. The third-order valence-corrected chi connectivity index (χ3v) is 6.21. The predicted molar refractivity (Wildman–Crippen MR) is 121 cm³/mol. The van der Waals surface area contributed by atoms with Crippen molar-refractivity contribution in [1.82, 2.24) is 16.0 Å². The summed E-state index contributed by atoms with van der Waals surface area (Å²) in [6, 6.07) is 14.2. The van der Waals surface area contributed by atoms with E-state index in [0.29, 0.717) is 16.3 Å². The van der Waals surface area contributed by atoms with Crippen molar-refractivity contribution < 1.29 is 19.5 Å². The molecule has 0 aliphatic carbocycles. The first-order valence-electron chi connectivity index (χ1n) is 9.85. The number of carbonyl (C=O) groups is 3. The quantitative estimate of drug-likeness (QED) is 0.457. The molecule has 0 aromatic heterocycles. The van der Waals surface area contributed by atoms with Crippen LogP contribution in [0.25, 0.3) is 0 Å². The molecule has 1 heterocycles. The van der Waals surface area contributed by atoms with Crippen molar-refractivity contribution in [1.29, 1.82) is 0 Å². The molecule has 2 aromatic rings. The highest BCUT2D eigenvalue weighted by molar-refractivity contribution is 7.99. The van der Waals surface area contributed by atoms with Crippen LogP contribution in [0.5, 0.6) is 0 Å². The van der Waals surface area contributed by atoms with E-state index >= 15 is 0 Å². The van der Waals surface area contributed by atoms with Crippen LogP contribution in [0, 0.1) is 0 Å². The number of carboxylic acid groups (broad SMARTS) is 1. The van der Waals surface area contributed by atoms with Crippen molar-refractivity contribution in [3.8, 4) is 0 Å². The van der Waals surface area contributed by atoms with Crippen LogP contribution in [-0.4, -0.2) is 47.1 Å². The van der Waals surface area contributed by atoms with Gasteiger partial charge in [-0.3, -0.25) is 14.9 Å². The van der Waals surface area contributed by atoms with Gasteiger partial charge in [-0.2, -0.15) is 0 Å². The summed E-state index contributed by atoms with van der Waals surface area (Å²) in [5, 5.41) is 18.7. The van der Waals surface area contributed by atoms with Crippen LogP contribution in [0.2, 0.25) is 5.02 Å². The summed E-state index contributed by atoms with van der Waals surface area (Å²) >= 11 is 7.64. The summed E-state index contributed by atoms with van der Waals surface area (Å²) in [6.07, 6.45) is 0.0192. The summed E-state index contributed by atoms with van der Waals surface area (Å²) in [5.74, 6) is -0.565. The normalized spacial score (nSPS) is 17.5. The van der Waals surface area contributed by atoms with Crippen LogP contribution in [0.1, 0.15) is 29.5 Å². The molecule has 7 nitrogen and oxygen atoms in total. The number of halogens is 1. The minimum atomic E-state index is -1.14. The van der Waals surface area contributed by atoms with Gasteiger partial charge in [-0.05, 0) is 23.3 Å². The van der Waals surface area contributed by atoms with Crippen molar-refractivity contribution in [2.75, 3.05) is 18.2 Å². The molecule has 9 heteroatoms. The van der Waals surface area contributed by atoms with Crippen molar-refractivity contribution in [2.45, 2.75) is 24.4 Å². The first kappa shape index (κ1) is 23.1. The fraction of sp³-hybridized carbons (Fsp3) is 0.318. The monoisotopic (exact) mass is 461 g/mol. The average molecular weight is 462 g/mol. The highest BCUT2D eigenvalue weighted by Crippen LogP contribution is 2.23. The lowest BCUT2D eigenvalue weighted by Crippen LogP contribution is -2.44. The van der Waals surface area contributed by atoms with E-state index < -0.39 is 17.9 Å². The first-order valence-corrected chi connectivity index (χ1v) is 11.4. The van der Waals surface area contributed by atoms with Gasteiger partial charge in [0, 0.05) is 35.5 Å². The van der Waals surface area contributed by atoms with E-state index in [1.165, 1.54) is 0 Å². The van der Waals surface area contributed by atoms with Gasteiger partial charge in [0.15, 0.2) is 6.04 Å². The third kappa shape index (κ3) is 6.72. The molecule has 3 rings (SSSR count). The lowest BCUT2D eigenvalue weighted by atomic mass is 9.94. The maximum atomic E-state index is 12.8. The standard InChI is InChI=1S/C22H24ClN3O4S/c23-17-8-6-14(7-9-17)16(11-24-21(28)18-12-31-13-25-18)10-19(27)26-20(22(29)30)15-4-2-1-3-5-15/h1-9,16,18,20,25H,10-13H2,(H,24,28)(H,26,27)(H,29,30)/t16-,18+,20-/m0/s1. The van der Waals surface area contributed by atoms with Gasteiger partial charge in [0.25, 0.3) is 0 Å². The molecule has 4 N–H and O–H groups in total. The lowest BCUT2D eigenvalue weighted by molar-refractivity contribution is -0.142. The first-order chi connectivity index (χ1) is 14.9. The molecule has 1 saturated heterocycles. The van der Waals surface area contributed by atoms with Gasteiger partial charge in [0.1, 0.15) is 0 Å². The SMILES string of the molecule is O=C(C[C@@H](CNC(=O)[C@H]1CSCN1)c1ccc(Cl)cc1)N[C@H](C(=O)O)c1ccccc1. The van der Waals surface area contributed by atoms with Gasteiger partial charge < -0.3 is 15.7 Å². The van der Waals surface area contributed by atoms with Crippen LogP contribution in [-0.2, 0) is 14.4 Å². The highest BCUT2D eigenvalue weighted by Gasteiger charge is 2.26. The second-order valence-corrected chi connectivity index (χ2v) is 8.69. The Kier molecular flexibility index (Phi) is 8.34. The fourth-order valence-corrected chi connectivity index (χ4v) is 4.40. The summed E-state index contributed by atoms with van der Waals surface area (Å²) in [7, 11) is 0. The molecule has 2 aromatic carbocycles. The van der Waals surface area contributed by atoms with E-state index in [9.17, 15) is 19.5 Å². The van der Waals surface area contributed by atoms with E-state index in [0.717, 1.165) is 11.4 Å². The Morgan fingerprint density at radius 1 is 1.10 bits per heavy atom. The van der Waals surface area contributed by atoms with Crippen molar-refractivity contribution in [3.05, 3.63) is 70.7 Å². The molecule has 1 aliphatic rings. The zero-order valence-corrected chi connectivity index (χ0v) is 18.3. The van der Waals surface area contributed by atoms with E-state index in [1.54, 1.807) is 54.2 Å². The minimum Gasteiger partial charge on any atom is -0.479 e. The maximum absolute atomic E-state index is 12.8. The minimum absolute atomic E-state index is 0.0192. The number of amides is 2. The summed E-state index contributed by atoms with van der Waals surface area (Å²) in [4.78, 5) is 36.8. The van der Waals surface area contributed by atoms with Crippen molar-refractivity contribution in [3.63, 3.8) is 0 Å². The van der Waals surface area contributed by atoms with Crippen LogP contribution in [0.15, 0.2) is 54.6 Å². The Bertz CT molecular complexity index is 905. The molecule has 0 radical (unpaired) electrons. The van der Waals surface area contributed by atoms with Gasteiger partial charge >= 0.3 is 5.97 Å². The van der Waals surface area contributed by atoms with Gasteiger partial charge in [0.05, 0.1) is 6.04 Å². The number of carboxylic acids is 1. The Balaban J connectivity index is 1.69. The van der Waals surface area contributed by atoms with E-state index in [-0.39, 0.29) is 30.8 Å². The number of rotatable bonds is 9. The number of thioether (sulfide) groups is 1. The number of aliphatic carboxylic acids is 1. The Morgan fingerprint density at radius 3 is 2.42 bits per heavy atom. The van der Waals surface area contributed by atoms with Crippen molar-refractivity contribution in [2.24, 2.45) is 0 Å².